The number of anilines is 1. The Balaban J connectivity index is 1.88. The van der Waals surface area contributed by atoms with Gasteiger partial charge in [0.25, 0.3) is 5.91 Å². The van der Waals surface area contributed by atoms with Crippen molar-refractivity contribution >= 4 is 27.4 Å². The molecule has 2 aromatic carbocycles. The summed E-state index contributed by atoms with van der Waals surface area (Å²) in [6, 6.07) is 12.9. The van der Waals surface area contributed by atoms with Gasteiger partial charge in [0.2, 0.25) is 0 Å². The molecule has 0 aliphatic heterocycles. The lowest BCUT2D eigenvalue weighted by Crippen LogP contribution is -2.21. The average molecular weight is 389 g/mol. The quantitative estimate of drug-likeness (QED) is 0.733. The van der Waals surface area contributed by atoms with E-state index in [0.29, 0.717) is 11.6 Å². The molecule has 7 heteroatoms. The van der Waals surface area contributed by atoms with Crippen molar-refractivity contribution in [3.05, 3.63) is 59.7 Å². The van der Waals surface area contributed by atoms with Crippen LogP contribution < -0.4 is 5.32 Å². The van der Waals surface area contributed by atoms with Crippen molar-refractivity contribution < 1.29 is 22.7 Å². The molecule has 2 aromatic rings. The number of sulfone groups is 1. The molecule has 27 heavy (non-hydrogen) atoms. The molecule has 0 fully saturated rings. The minimum absolute atomic E-state index is 0.109. The Labute approximate surface area is 159 Å². The van der Waals surface area contributed by atoms with Crippen LogP contribution in [0, 0.1) is 0 Å². The molecule has 0 bridgehead atoms. The number of carbonyl (C=O) groups is 2. The van der Waals surface area contributed by atoms with E-state index in [-0.39, 0.29) is 10.5 Å². The molecule has 1 amide bonds. The Morgan fingerprint density at radius 1 is 1.04 bits per heavy atom. The molecule has 144 valence electrons. The Hall–Kier alpha value is -2.67. The van der Waals surface area contributed by atoms with Crippen molar-refractivity contribution in [1.29, 1.82) is 0 Å². The van der Waals surface area contributed by atoms with Crippen LogP contribution in [0.1, 0.15) is 42.1 Å². The highest BCUT2D eigenvalue weighted by molar-refractivity contribution is 7.90. The predicted octanol–water partition coefficient (Wildman–Crippen LogP) is 3.40. The molecule has 0 aliphatic rings. The van der Waals surface area contributed by atoms with E-state index < -0.39 is 28.3 Å². The van der Waals surface area contributed by atoms with Crippen molar-refractivity contribution in [2.24, 2.45) is 0 Å². The Bertz CT molecular complexity index is 902. The molecule has 0 aliphatic carbocycles. The van der Waals surface area contributed by atoms with E-state index in [1.54, 1.807) is 0 Å². The fourth-order valence-electron chi connectivity index (χ4n) is 2.38. The van der Waals surface area contributed by atoms with Crippen molar-refractivity contribution in [2.45, 2.75) is 31.1 Å². The topological polar surface area (TPSA) is 89.5 Å². The van der Waals surface area contributed by atoms with Gasteiger partial charge in [-0.25, -0.2) is 13.2 Å². The van der Waals surface area contributed by atoms with E-state index in [1.165, 1.54) is 29.8 Å². The molecular weight excluding hydrogens is 366 g/mol. The molecule has 0 aromatic heterocycles. The highest BCUT2D eigenvalue weighted by Crippen LogP contribution is 2.20. The smallest absolute Gasteiger partial charge is 0.338 e. The number of rotatable bonds is 7. The summed E-state index contributed by atoms with van der Waals surface area (Å²) in [7, 11) is -3.33. The minimum atomic E-state index is -3.33. The van der Waals surface area contributed by atoms with Crippen LogP contribution in [0.3, 0.4) is 0 Å². The van der Waals surface area contributed by atoms with Gasteiger partial charge in [0.15, 0.2) is 16.4 Å². The van der Waals surface area contributed by atoms with E-state index in [0.717, 1.165) is 12.7 Å². The number of hydrogen-bond donors (Lipinski definition) is 1. The van der Waals surface area contributed by atoms with E-state index >= 15 is 0 Å². The van der Waals surface area contributed by atoms with Crippen molar-refractivity contribution in [3.8, 4) is 0 Å². The highest BCUT2D eigenvalue weighted by atomic mass is 32.2. The maximum absolute atomic E-state index is 12.0. The van der Waals surface area contributed by atoms with Crippen LogP contribution in [-0.2, 0) is 19.4 Å². The van der Waals surface area contributed by atoms with Crippen LogP contribution in [0.5, 0.6) is 0 Å². The Morgan fingerprint density at radius 2 is 1.63 bits per heavy atom. The molecule has 1 atom stereocenters. The normalized spacial score (nSPS) is 12.3. The molecule has 0 radical (unpaired) electrons. The van der Waals surface area contributed by atoms with Crippen LogP contribution in [0.15, 0.2) is 53.4 Å². The number of esters is 1. The fourth-order valence-corrected chi connectivity index (χ4v) is 3.01. The van der Waals surface area contributed by atoms with Gasteiger partial charge in [0.1, 0.15) is 0 Å². The zero-order valence-electron chi connectivity index (χ0n) is 15.6. The second kappa shape index (κ2) is 8.81. The molecule has 1 N–H and O–H groups in total. The number of carbonyl (C=O) groups excluding carboxylic acids is 2. The van der Waals surface area contributed by atoms with Crippen LogP contribution in [0.4, 0.5) is 5.69 Å². The molecule has 0 spiro atoms. The van der Waals surface area contributed by atoms with Crippen LogP contribution in [0.25, 0.3) is 0 Å². The van der Waals surface area contributed by atoms with Gasteiger partial charge in [-0.1, -0.05) is 26.0 Å². The Kier molecular flexibility index (Phi) is 6.74. The summed E-state index contributed by atoms with van der Waals surface area (Å²) in [5.41, 5.74) is 1.99. The molecule has 2 rings (SSSR count). The molecule has 0 saturated heterocycles. The largest absolute Gasteiger partial charge is 0.452 e. The third-order valence-corrected chi connectivity index (χ3v) is 5.36. The zero-order chi connectivity index (χ0) is 20.0. The molecule has 0 heterocycles. The van der Waals surface area contributed by atoms with Gasteiger partial charge in [0, 0.05) is 11.9 Å². The predicted molar refractivity (Wildman–Crippen MR) is 104 cm³/mol. The highest BCUT2D eigenvalue weighted by Gasteiger charge is 2.13. The number of nitrogens with one attached hydrogen (secondary N) is 1. The molecule has 0 saturated carbocycles. The maximum atomic E-state index is 12.0. The summed E-state index contributed by atoms with van der Waals surface area (Å²) in [4.78, 5) is 24.0. The van der Waals surface area contributed by atoms with Crippen molar-refractivity contribution in [1.82, 2.24) is 0 Å². The van der Waals surface area contributed by atoms with Crippen molar-refractivity contribution in [2.75, 3.05) is 18.2 Å². The van der Waals surface area contributed by atoms with E-state index in [2.05, 4.69) is 19.2 Å². The third kappa shape index (κ3) is 5.92. The first-order valence-corrected chi connectivity index (χ1v) is 10.5. The van der Waals surface area contributed by atoms with Crippen molar-refractivity contribution in [3.63, 3.8) is 0 Å². The van der Waals surface area contributed by atoms with Gasteiger partial charge in [-0.05, 0) is 54.3 Å². The van der Waals surface area contributed by atoms with Gasteiger partial charge in [-0.15, -0.1) is 0 Å². The Morgan fingerprint density at radius 3 is 2.15 bits per heavy atom. The number of hydrogen-bond acceptors (Lipinski definition) is 5. The molecular formula is C20H23NO5S. The lowest BCUT2D eigenvalue weighted by Gasteiger charge is -2.11. The van der Waals surface area contributed by atoms with E-state index in [9.17, 15) is 18.0 Å². The summed E-state index contributed by atoms with van der Waals surface area (Å²) >= 11 is 0. The standard InChI is InChI=1S/C20H23NO5S/c1-4-14(2)15-5-9-17(10-6-15)21-19(22)13-26-20(23)16-7-11-18(12-8-16)27(3,24)25/h5-12,14H,4,13H2,1-3H3,(H,21,22)/t14-/m1/s1. The zero-order valence-corrected chi connectivity index (χ0v) is 16.4. The monoisotopic (exact) mass is 389 g/mol. The van der Waals surface area contributed by atoms with Gasteiger partial charge >= 0.3 is 5.97 Å². The maximum Gasteiger partial charge on any atom is 0.338 e. The summed E-state index contributed by atoms with van der Waals surface area (Å²) in [6.07, 6.45) is 2.12. The average Bonchev–Trinajstić information content (AvgIpc) is 2.65. The van der Waals surface area contributed by atoms with Gasteiger partial charge in [-0.3, -0.25) is 4.79 Å². The van der Waals surface area contributed by atoms with E-state index in [4.69, 9.17) is 4.74 Å². The second-order valence-electron chi connectivity index (χ2n) is 6.35. The summed E-state index contributed by atoms with van der Waals surface area (Å²) < 4.78 is 27.8. The fraction of sp³-hybridized carbons (Fsp3) is 0.300. The first-order chi connectivity index (χ1) is 12.7. The minimum Gasteiger partial charge on any atom is -0.452 e. The summed E-state index contributed by atoms with van der Waals surface area (Å²) in [5, 5.41) is 2.67. The lowest BCUT2D eigenvalue weighted by molar-refractivity contribution is -0.119. The molecule has 0 unspecified atom stereocenters. The summed E-state index contributed by atoms with van der Waals surface area (Å²) in [5.74, 6) is -0.700. The van der Waals surface area contributed by atoms with Gasteiger partial charge in [0.05, 0.1) is 10.5 Å². The summed E-state index contributed by atoms with van der Waals surface area (Å²) in [6.45, 7) is 3.82. The molecule has 6 nitrogen and oxygen atoms in total. The van der Waals surface area contributed by atoms with Crippen LogP contribution >= 0.6 is 0 Å². The van der Waals surface area contributed by atoms with Gasteiger partial charge < -0.3 is 10.1 Å². The first-order valence-electron chi connectivity index (χ1n) is 8.57. The SMILES string of the molecule is CC[C@@H](C)c1ccc(NC(=O)COC(=O)c2ccc(S(C)(=O)=O)cc2)cc1. The second-order valence-corrected chi connectivity index (χ2v) is 8.37. The number of benzene rings is 2. The lowest BCUT2D eigenvalue weighted by atomic mass is 9.99. The third-order valence-electron chi connectivity index (χ3n) is 4.23. The number of amides is 1. The van der Waals surface area contributed by atoms with Gasteiger partial charge in [-0.2, -0.15) is 0 Å². The van der Waals surface area contributed by atoms with Crippen LogP contribution in [0.2, 0.25) is 0 Å². The number of ether oxygens (including phenoxy) is 1. The first kappa shape index (κ1) is 20.6. The van der Waals surface area contributed by atoms with Crippen LogP contribution in [-0.4, -0.2) is 33.2 Å². The van der Waals surface area contributed by atoms with E-state index in [1.807, 2.05) is 24.3 Å².